The lowest BCUT2D eigenvalue weighted by molar-refractivity contribution is -0.121. The van der Waals surface area contributed by atoms with Crippen molar-refractivity contribution < 1.29 is 4.79 Å². The molecule has 0 aliphatic carbocycles. The number of hydrogen-bond donors (Lipinski definition) is 2. The summed E-state index contributed by atoms with van der Waals surface area (Å²) in [4.78, 5) is 14.0. The molecule has 0 saturated heterocycles. The molecule has 124 valence electrons. The number of halogens is 2. The first kappa shape index (κ1) is 25.0. The molecule has 0 rings (SSSR count). The van der Waals surface area contributed by atoms with Crippen LogP contribution in [-0.2, 0) is 4.79 Å². The standard InChI is InChI=1S/C14H31N3O.2ClH/c1-5-17(6-2)11-7-8-13(4)16-14(18)10-9-12(3)15;;/h12-13H,5-11,15H2,1-4H3,(H,16,18);2*1H. The lowest BCUT2D eigenvalue weighted by Crippen LogP contribution is -2.34. The minimum atomic E-state index is 0. The first-order chi connectivity index (χ1) is 8.49. The van der Waals surface area contributed by atoms with Gasteiger partial charge in [-0.2, -0.15) is 0 Å². The summed E-state index contributed by atoms with van der Waals surface area (Å²) >= 11 is 0. The molecule has 0 aliphatic heterocycles. The van der Waals surface area contributed by atoms with Gasteiger partial charge in [-0.05, 0) is 52.7 Å². The highest BCUT2D eigenvalue weighted by Crippen LogP contribution is 2.01. The number of nitrogens with zero attached hydrogens (tertiary/aromatic N) is 1. The van der Waals surface area contributed by atoms with E-state index in [9.17, 15) is 4.79 Å². The number of nitrogens with two attached hydrogens (primary N) is 1. The molecule has 2 atom stereocenters. The number of hydrogen-bond acceptors (Lipinski definition) is 3. The topological polar surface area (TPSA) is 58.4 Å². The zero-order valence-corrected chi connectivity index (χ0v) is 15.0. The average Bonchev–Trinajstić information content (AvgIpc) is 2.32. The van der Waals surface area contributed by atoms with Crippen LogP contribution in [0.15, 0.2) is 0 Å². The van der Waals surface area contributed by atoms with Crippen LogP contribution < -0.4 is 11.1 Å². The number of rotatable bonds is 10. The van der Waals surface area contributed by atoms with Crippen LogP contribution in [0.4, 0.5) is 0 Å². The van der Waals surface area contributed by atoms with Gasteiger partial charge in [-0.3, -0.25) is 4.79 Å². The molecule has 3 N–H and O–H groups in total. The predicted octanol–water partition coefficient (Wildman–Crippen LogP) is 2.58. The van der Waals surface area contributed by atoms with Gasteiger partial charge in [0, 0.05) is 18.5 Å². The van der Waals surface area contributed by atoms with Gasteiger partial charge in [-0.1, -0.05) is 13.8 Å². The molecule has 1 amide bonds. The van der Waals surface area contributed by atoms with Crippen molar-refractivity contribution in [3.05, 3.63) is 0 Å². The van der Waals surface area contributed by atoms with Crippen molar-refractivity contribution in [2.75, 3.05) is 19.6 Å². The van der Waals surface area contributed by atoms with Crippen molar-refractivity contribution in [2.45, 2.75) is 65.5 Å². The Morgan fingerprint density at radius 3 is 2.15 bits per heavy atom. The summed E-state index contributed by atoms with van der Waals surface area (Å²) in [5.41, 5.74) is 5.63. The van der Waals surface area contributed by atoms with Crippen LogP contribution in [0.5, 0.6) is 0 Å². The molecule has 0 aromatic heterocycles. The van der Waals surface area contributed by atoms with Crippen molar-refractivity contribution in [3.8, 4) is 0 Å². The van der Waals surface area contributed by atoms with Gasteiger partial charge in [0.1, 0.15) is 0 Å². The van der Waals surface area contributed by atoms with Gasteiger partial charge < -0.3 is 16.0 Å². The molecular formula is C14H33Cl2N3O. The van der Waals surface area contributed by atoms with E-state index in [0.29, 0.717) is 6.42 Å². The molecule has 0 aliphatic rings. The fourth-order valence-corrected chi connectivity index (χ4v) is 1.94. The Bertz CT molecular complexity index is 224. The molecule has 0 saturated carbocycles. The molecule has 0 heterocycles. The Balaban J connectivity index is -0.00000144. The van der Waals surface area contributed by atoms with E-state index < -0.39 is 0 Å². The summed E-state index contributed by atoms with van der Waals surface area (Å²) in [7, 11) is 0. The van der Waals surface area contributed by atoms with Gasteiger partial charge in [0.25, 0.3) is 0 Å². The van der Waals surface area contributed by atoms with Crippen LogP contribution >= 0.6 is 24.8 Å². The monoisotopic (exact) mass is 329 g/mol. The van der Waals surface area contributed by atoms with Crippen LogP contribution in [0.3, 0.4) is 0 Å². The second kappa shape index (κ2) is 15.4. The summed E-state index contributed by atoms with van der Waals surface area (Å²) in [6.45, 7) is 11.7. The largest absolute Gasteiger partial charge is 0.354 e. The fourth-order valence-electron chi connectivity index (χ4n) is 1.94. The molecule has 0 spiro atoms. The summed E-state index contributed by atoms with van der Waals surface area (Å²) in [5.74, 6) is 0.127. The third-order valence-corrected chi connectivity index (χ3v) is 3.24. The maximum atomic E-state index is 11.6. The lowest BCUT2D eigenvalue weighted by Gasteiger charge is -2.19. The number of carbonyl (C=O) groups excluding carboxylic acids is 1. The van der Waals surface area contributed by atoms with Crippen molar-refractivity contribution in [1.29, 1.82) is 0 Å². The molecule has 20 heavy (non-hydrogen) atoms. The third kappa shape index (κ3) is 14.4. The Kier molecular flexibility index (Phi) is 19.2. The van der Waals surface area contributed by atoms with E-state index >= 15 is 0 Å². The molecule has 6 heteroatoms. The first-order valence-corrected chi connectivity index (χ1v) is 7.26. The molecule has 0 aromatic rings. The normalized spacial score (nSPS) is 13.1. The average molecular weight is 330 g/mol. The van der Waals surface area contributed by atoms with Crippen LogP contribution in [-0.4, -0.2) is 42.5 Å². The zero-order chi connectivity index (χ0) is 14.0. The SMILES string of the molecule is CCN(CC)CCCC(C)NC(=O)CCC(C)N.Cl.Cl. The van der Waals surface area contributed by atoms with E-state index in [2.05, 4.69) is 31.0 Å². The summed E-state index contributed by atoms with van der Waals surface area (Å²) in [5, 5.41) is 3.03. The number of nitrogens with one attached hydrogen (secondary N) is 1. The van der Waals surface area contributed by atoms with Crippen LogP contribution in [0.1, 0.15) is 53.4 Å². The Hall–Kier alpha value is -0.0300. The van der Waals surface area contributed by atoms with Gasteiger partial charge in [0.05, 0.1) is 0 Å². The highest BCUT2D eigenvalue weighted by Gasteiger charge is 2.08. The minimum absolute atomic E-state index is 0. The molecule has 4 nitrogen and oxygen atoms in total. The van der Waals surface area contributed by atoms with Gasteiger partial charge in [-0.25, -0.2) is 0 Å². The highest BCUT2D eigenvalue weighted by molar-refractivity contribution is 5.85. The minimum Gasteiger partial charge on any atom is -0.354 e. The van der Waals surface area contributed by atoms with Gasteiger partial charge in [0.2, 0.25) is 5.91 Å². The predicted molar refractivity (Wildman–Crippen MR) is 92.0 cm³/mol. The highest BCUT2D eigenvalue weighted by atomic mass is 35.5. The second-order valence-electron chi connectivity index (χ2n) is 5.15. The fraction of sp³-hybridized carbons (Fsp3) is 0.929. The van der Waals surface area contributed by atoms with Gasteiger partial charge in [-0.15, -0.1) is 24.8 Å². The van der Waals surface area contributed by atoms with E-state index in [0.717, 1.165) is 38.9 Å². The first-order valence-electron chi connectivity index (χ1n) is 7.26. The second-order valence-corrected chi connectivity index (χ2v) is 5.15. The smallest absolute Gasteiger partial charge is 0.220 e. The lowest BCUT2D eigenvalue weighted by atomic mass is 10.1. The number of amides is 1. The van der Waals surface area contributed by atoms with E-state index in [4.69, 9.17) is 5.73 Å². The molecule has 0 aromatic carbocycles. The van der Waals surface area contributed by atoms with Gasteiger partial charge >= 0.3 is 0 Å². The summed E-state index contributed by atoms with van der Waals surface area (Å²) < 4.78 is 0. The molecule has 0 fully saturated rings. The van der Waals surface area contributed by atoms with E-state index in [1.165, 1.54) is 0 Å². The van der Waals surface area contributed by atoms with E-state index in [-0.39, 0.29) is 42.8 Å². The Morgan fingerprint density at radius 1 is 1.15 bits per heavy atom. The van der Waals surface area contributed by atoms with Crippen LogP contribution in [0, 0.1) is 0 Å². The van der Waals surface area contributed by atoms with Crippen molar-refractivity contribution >= 4 is 30.7 Å². The van der Waals surface area contributed by atoms with Crippen LogP contribution in [0.25, 0.3) is 0 Å². The van der Waals surface area contributed by atoms with E-state index in [1.807, 2.05) is 6.92 Å². The summed E-state index contributed by atoms with van der Waals surface area (Å²) in [6, 6.07) is 0.370. The quantitative estimate of drug-likeness (QED) is 0.647. The third-order valence-electron chi connectivity index (χ3n) is 3.24. The zero-order valence-electron chi connectivity index (χ0n) is 13.4. The van der Waals surface area contributed by atoms with Crippen molar-refractivity contribution in [1.82, 2.24) is 10.2 Å². The maximum Gasteiger partial charge on any atom is 0.220 e. The summed E-state index contributed by atoms with van der Waals surface area (Å²) in [6.07, 6.45) is 3.48. The molecule has 0 bridgehead atoms. The Labute approximate surface area is 137 Å². The van der Waals surface area contributed by atoms with E-state index in [1.54, 1.807) is 0 Å². The van der Waals surface area contributed by atoms with Crippen LogP contribution in [0.2, 0.25) is 0 Å². The van der Waals surface area contributed by atoms with Crippen molar-refractivity contribution in [3.63, 3.8) is 0 Å². The molecule has 2 unspecified atom stereocenters. The maximum absolute atomic E-state index is 11.6. The molecular weight excluding hydrogens is 297 g/mol. The number of carbonyl (C=O) groups is 1. The van der Waals surface area contributed by atoms with Gasteiger partial charge in [0.15, 0.2) is 0 Å². The van der Waals surface area contributed by atoms with Crippen molar-refractivity contribution in [2.24, 2.45) is 5.73 Å². The molecule has 0 radical (unpaired) electrons. The Morgan fingerprint density at radius 2 is 1.70 bits per heavy atom.